The van der Waals surface area contributed by atoms with Gasteiger partial charge < -0.3 is 25.0 Å². The zero-order valence-electron chi connectivity index (χ0n) is 27.5. The summed E-state index contributed by atoms with van der Waals surface area (Å²) in [6.07, 6.45) is 5.42. The Morgan fingerprint density at radius 1 is 0.909 bits per heavy atom. The number of alkyl carbamates (subject to hydrolysis) is 1. The third-order valence-electron chi connectivity index (χ3n) is 7.23. The van der Waals surface area contributed by atoms with Crippen molar-refractivity contribution < 1.29 is 28.7 Å². The van der Waals surface area contributed by atoms with E-state index in [-0.39, 0.29) is 19.5 Å². The van der Waals surface area contributed by atoms with E-state index < -0.39 is 41.6 Å². The van der Waals surface area contributed by atoms with Crippen LogP contribution in [0.5, 0.6) is 0 Å². The van der Waals surface area contributed by atoms with Gasteiger partial charge in [-0.15, -0.1) is 0 Å². The Morgan fingerprint density at radius 3 is 2.20 bits per heavy atom. The Labute approximate surface area is 263 Å². The van der Waals surface area contributed by atoms with E-state index in [1.807, 2.05) is 62.4 Å². The van der Waals surface area contributed by atoms with Crippen molar-refractivity contribution in [3.63, 3.8) is 0 Å². The molecule has 9 heteroatoms. The number of aryl methyl sites for hydroxylation is 2. The Kier molecular flexibility index (Phi) is 14.9. The second kappa shape index (κ2) is 18.0. The topological polar surface area (TPSA) is 114 Å². The number of ether oxygens (including phenoxy) is 2. The van der Waals surface area contributed by atoms with Gasteiger partial charge in [0, 0.05) is 13.0 Å². The SMILES string of the molecule is CCCCCCCCN(C(=O)C(Cc1ccccc1)NC(=O)OC(C)(C)C)C(C(=O)NCC(=O)OC)c1cc(C)ccc1C. The predicted octanol–water partition coefficient (Wildman–Crippen LogP) is 5.96. The number of benzene rings is 2. The second-order valence-corrected chi connectivity index (χ2v) is 12.2. The van der Waals surface area contributed by atoms with Crippen molar-refractivity contribution in [2.75, 3.05) is 20.2 Å². The van der Waals surface area contributed by atoms with E-state index in [0.717, 1.165) is 48.8 Å². The summed E-state index contributed by atoms with van der Waals surface area (Å²) in [6, 6.07) is 13.1. The number of nitrogens with zero attached hydrogens (tertiary/aromatic N) is 1. The Balaban J connectivity index is 2.57. The smallest absolute Gasteiger partial charge is 0.408 e. The van der Waals surface area contributed by atoms with E-state index in [1.54, 1.807) is 25.7 Å². The van der Waals surface area contributed by atoms with Gasteiger partial charge in [0.05, 0.1) is 7.11 Å². The van der Waals surface area contributed by atoms with Crippen LogP contribution in [0.2, 0.25) is 0 Å². The van der Waals surface area contributed by atoms with Gasteiger partial charge >= 0.3 is 12.1 Å². The van der Waals surface area contributed by atoms with Gasteiger partial charge in [-0.25, -0.2) is 4.79 Å². The lowest BCUT2D eigenvalue weighted by molar-refractivity contribution is -0.144. The number of methoxy groups -OCH3 is 1. The Hall–Kier alpha value is -3.88. The number of hydrogen-bond acceptors (Lipinski definition) is 6. The van der Waals surface area contributed by atoms with Crippen LogP contribution >= 0.6 is 0 Å². The largest absolute Gasteiger partial charge is 0.468 e. The van der Waals surface area contributed by atoms with Crippen LogP contribution in [-0.2, 0) is 30.3 Å². The van der Waals surface area contributed by atoms with E-state index in [9.17, 15) is 19.2 Å². The molecule has 0 aromatic heterocycles. The molecule has 2 aromatic rings. The fourth-order valence-electron chi connectivity index (χ4n) is 4.96. The summed E-state index contributed by atoms with van der Waals surface area (Å²) in [4.78, 5) is 55.0. The monoisotopic (exact) mass is 609 g/mol. The normalized spacial score (nSPS) is 12.5. The molecule has 2 atom stereocenters. The average molecular weight is 610 g/mol. The summed E-state index contributed by atoms with van der Waals surface area (Å²) in [5.74, 6) is -1.51. The Bertz CT molecular complexity index is 1220. The van der Waals surface area contributed by atoms with E-state index in [4.69, 9.17) is 9.47 Å². The van der Waals surface area contributed by atoms with Gasteiger partial charge in [-0.1, -0.05) is 93.1 Å². The fraction of sp³-hybridized carbons (Fsp3) is 0.543. The number of rotatable bonds is 16. The first-order valence-corrected chi connectivity index (χ1v) is 15.6. The molecule has 9 nitrogen and oxygen atoms in total. The predicted molar refractivity (Wildman–Crippen MR) is 172 cm³/mol. The highest BCUT2D eigenvalue weighted by molar-refractivity contribution is 5.93. The molecule has 2 unspecified atom stereocenters. The molecule has 0 aliphatic heterocycles. The molecule has 2 aromatic carbocycles. The standard InChI is InChI=1S/C35H51N3O6/c1-8-9-10-11-12-16-21-38(31(32(40)36-24-30(39)43-7)28-22-25(2)19-20-26(28)3)33(41)29(23-27-17-14-13-15-18-27)37-34(42)44-35(4,5)6/h13-15,17-20,22,29,31H,8-12,16,21,23-24H2,1-7H3,(H,36,40)(H,37,42). The minimum atomic E-state index is -1.04. The van der Waals surface area contributed by atoms with Gasteiger partial charge in [0.1, 0.15) is 24.2 Å². The molecule has 3 amide bonds. The van der Waals surface area contributed by atoms with Gasteiger partial charge in [-0.2, -0.15) is 0 Å². The zero-order chi connectivity index (χ0) is 32.7. The maximum atomic E-state index is 14.6. The highest BCUT2D eigenvalue weighted by Crippen LogP contribution is 2.28. The first kappa shape index (κ1) is 36.3. The van der Waals surface area contributed by atoms with Crippen molar-refractivity contribution in [2.45, 2.75) is 104 Å². The lowest BCUT2D eigenvalue weighted by Crippen LogP contribution is -2.54. The van der Waals surface area contributed by atoms with Crippen LogP contribution in [0, 0.1) is 13.8 Å². The van der Waals surface area contributed by atoms with E-state index in [0.29, 0.717) is 12.0 Å². The molecule has 242 valence electrons. The summed E-state index contributed by atoms with van der Waals surface area (Å²) in [5.41, 5.74) is 2.49. The van der Waals surface area contributed by atoms with Crippen LogP contribution in [0.1, 0.15) is 94.5 Å². The van der Waals surface area contributed by atoms with Crippen molar-refractivity contribution in [2.24, 2.45) is 0 Å². The number of unbranched alkanes of at least 4 members (excludes halogenated alkanes) is 5. The van der Waals surface area contributed by atoms with Crippen molar-refractivity contribution in [1.29, 1.82) is 0 Å². The summed E-state index contributed by atoms with van der Waals surface area (Å²) in [5, 5.41) is 5.47. The number of hydrogen-bond donors (Lipinski definition) is 2. The third kappa shape index (κ3) is 12.4. The number of carbonyl (C=O) groups is 4. The molecule has 0 saturated heterocycles. The maximum Gasteiger partial charge on any atom is 0.408 e. The molecular weight excluding hydrogens is 558 g/mol. The van der Waals surface area contributed by atoms with Crippen molar-refractivity contribution >= 4 is 23.9 Å². The summed E-state index contributed by atoms with van der Waals surface area (Å²) < 4.78 is 10.3. The van der Waals surface area contributed by atoms with Crippen molar-refractivity contribution in [3.8, 4) is 0 Å². The highest BCUT2D eigenvalue weighted by Gasteiger charge is 2.37. The van der Waals surface area contributed by atoms with Crippen LogP contribution in [0.25, 0.3) is 0 Å². The molecule has 0 aliphatic carbocycles. The second-order valence-electron chi connectivity index (χ2n) is 12.2. The highest BCUT2D eigenvalue weighted by atomic mass is 16.6. The lowest BCUT2D eigenvalue weighted by Gasteiger charge is -2.35. The van der Waals surface area contributed by atoms with Crippen LogP contribution in [0.15, 0.2) is 48.5 Å². The Morgan fingerprint density at radius 2 is 1.57 bits per heavy atom. The lowest BCUT2D eigenvalue weighted by atomic mass is 9.95. The first-order valence-electron chi connectivity index (χ1n) is 15.6. The van der Waals surface area contributed by atoms with Crippen molar-refractivity contribution in [1.82, 2.24) is 15.5 Å². The van der Waals surface area contributed by atoms with E-state index in [2.05, 4.69) is 17.6 Å². The molecule has 0 heterocycles. The number of esters is 1. The maximum absolute atomic E-state index is 14.6. The minimum Gasteiger partial charge on any atom is -0.468 e. The summed E-state index contributed by atoms with van der Waals surface area (Å²) in [6.45, 7) is 11.2. The van der Waals surface area contributed by atoms with Gasteiger partial charge in [-0.3, -0.25) is 14.4 Å². The zero-order valence-corrected chi connectivity index (χ0v) is 27.5. The molecule has 0 aliphatic rings. The minimum absolute atomic E-state index is 0.204. The van der Waals surface area contributed by atoms with E-state index >= 15 is 0 Å². The van der Waals surface area contributed by atoms with Crippen LogP contribution in [-0.4, -0.2) is 60.6 Å². The van der Waals surface area contributed by atoms with Gasteiger partial charge in [0.25, 0.3) is 0 Å². The van der Waals surface area contributed by atoms with Crippen molar-refractivity contribution in [3.05, 3.63) is 70.8 Å². The molecule has 2 N–H and O–H groups in total. The van der Waals surface area contributed by atoms with Gasteiger partial charge in [-0.05, 0) is 57.7 Å². The molecule has 0 radical (unpaired) electrons. The quantitative estimate of drug-likeness (QED) is 0.179. The molecule has 44 heavy (non-hydrogen) atoms. The summed E-state index contributed by atoms with van der Waals surface area (Å²) in [7, 11) is 1.25. The molecule has 0 spiro atoms. The first-order chi connectivity index (χ1) is 20.9. The van der Waals surface area contributed by atoms with E-state index in [1.165, 1.54) is 7.11 Å². The number of nitrogens with one attached hydrogen (secondary N) is 2. The fourth-order valence-corrected chi connectivity index (χ4v) is 4.96. The number of carbonyl (C=O) groups excluding carboxylic acids is 4. The molecular formula is C35H51N3O6. The molecule has 0 fully saturated rings. The van der Waals surface area contributed by atoms with Crippen LogP contribution in [0.3, 0.4) is 0 Å². The molecule has 0 bridgehead atoms. The summed E-state index contributed by atoms with van der Waals surface area (Å²) >= 11 is 0. The molecule has 0 saturated carbocycles. The van der Waals surface area contributed by atoms with Crippen LogP contribution < -0.4 is 10.6 Å². The van der Waals surface area contributed by atoms with Gasteiger partial charge in [0.15, 0.2) is 0 Å². The third-order valence-corrected chi connectivity index (χ3v) is 7.23. The molecule has 2 rings (SSSR count). The van der Waals surface area contributed by atoms with Crippen LogP contribution in [0.4, 0.5) is 4.79 Å². The van der Waals surface area contributed by atoms with Gasteiger partial charge in [0.2, 0.25) is 11.8 Å². The number of amides is 3. The average Bonchev–Trinajstić information content (AvgIpc) is 2.97.